The van der Waals surface area contributed by atoms with Gasteiger partial charge in [-0.3, -0.25) is 4.79 Å². The number of carbonyl (C=O) groups excluding carboxylic acids is 1. The van der Waals surface area contributed by atoms with E-state index in [0.29, 0.717) is 5.69 Å². The van der Waals surface area contributed by atoms with Crippen molar-refractivity contribution in [1.82, 2.24) is 4.98 Å². The Morgan fingerprint density at radius 2 is 1.85 bits per heavy atom. The molecule has 0 unspecified atom stereocenters. The van der Waals surface area contributed by atoms with Gasteiger partial charge >= 0.3 is 0 Å². The van der Waals surface area contributed by atoms with Crippen molar-refractivity contribution < 1.29 is 13.2 Å². The number of rotatable bonds is 3. The molecular formula is C13H13N3O3S. The highest BCUT2D eigenvalue weighted by Crippen LogP contribution is 2.15. The molecule has 0 aliphatic rings. The Hall–Kier alpha value is -2.41. The van der Waals surface area contributed by atoms with Gasteiger partial charge < -0.3 is 11.1 Å². The van der Waals surface area contributed by atoms with Gasteiger partial charge in [0.2, 0.25) is 0 Å². The molecule has 0 aliphatic heterocycles. The van der Waals surface area contributed by atoms with Crippen molar-refractivity contribution in [3.8, 4) is 0 Å². The Bertz CT molecular complexity index is 740. The lowest BCUT2D eigenvalue weighted by molar-refractivity contribution is 0.102. The van der Waals surface area contributed by atoms with E-state index >= 15 is 0 Å². The molecule has 0 bridgehead atoms. The van der Waals surface area contributed by atoms with Crippen LogP contribution in [0.15, 0.2) is 47.5 Å². The van der Waals surface area contributed by atoms with Gasteiger partial charge in [0, 0.05) is 18.1 Å². The zero-order chi connectivity index (χ0) is 14.8. The van der Waals surface area contributed by atoms with Crippen LogP contribution in [-0.4, -0.2) is 25.6 Å². The molecule has 6 nitrogen and oxygen atoms in total. The summed E-state index contributed by atoms with van der Waals surface area (Å²) in [6.07, 6.45) is 2.59. The van der Waals surface area contributed by atoms with Crippen molar-refractivity contribution in [3.05, 3.63) is 48.3 Å². The van der Waals surface area contributed by atoms with Gasteiger partial charge in [0.15, 0.2) is 15.5 Å². The zero-order valence-corrected chi connectivity index (χ0v) is 11.5. The van der Waals surface area contributed by atoms with E-state index in [4.69, 9.17) is 5.73 Å². The minimum Gasteiger partial charge on any atom is -0.397 e. The number of sulfone groups is 1. The van der Waals surface area contributed by atoms with Crippen LogP contribution in [0.1, 0.15) is 10.5 Å². The SMILES string of the molecule is CS(=O)(=O)c1ccc(NC(=O)c2ncccc2N)cc1. The molecule has 1 aromatic heterocycles. The van der Waals surface area contributed by atoms with Crippen LogP contribution in [0.5, 0.6) is 0 Å². The summed E-state index contributed by atoms with van der Waals surface area (Å²) < 4.78 is 22.6. The Morgan fingerprint density at radius 3 is 2.40 bits per heavy atom. The summed E-state index contributed by atoms with van der Waals surface area (Å²) in [5, 5.41) is 2.60. The number of hydrogen-bond acceptors (Lipinski definition) is 5. The zero-order valence-electron chi connectivity index (χ0n) is 10.7. The topological polar surface area (TPSA) is 102 Å². The molecule has 0 fully saturated rings. The van der Waals surface area contributed by atoms with E-state index < -0.39 is 15.7 Å². The van der Waals surface area contributed by atoms with E-state index in [1.54, 1.807) is 12.1 Å². The number of benzene rings is 1. The van der Waals surface area contributed by atoms with E-state index in [1.807, 2.05) is 0 Å². The average Bonchev–Trinajstić information content (AvgIpc) is 2.38. The van der Waals surface area contributed by atoms with Crippen LogP contribution >= 0.6 is 0 Å². The molecule has 2 aromatic rings. The maximum Gasteiger partial charge on any atom is 0.276 e. The molecule has 0 saturated heterocycles. The fourth-order valence-electron chi connectivity index (χ4n) is 1.58. The average molecular weight is 291 g/mol. The first-order valence-corrected chi connectivity index (χ1v) is 7.59. The molecule has 0 atom stereocenters. The van der Waals surface area contributed by atoms with E-state index in [0.717, 1.165) is 6.26 Å². The van der Waals surface area contributed by atoms with Crippen molar-refractivity contribution >= 4 is 27.1 Å². The van der Waals surface area contributed by atoms with Gasteiger partial charge in [0.25, 0.3) is 5.91 Å². The summed E-state index contributed by atoms with van der Waals surface area (Å²) in [7, 11) is -3.25. The summed E-state index contributed by atoms with van der Waals surface area (Å²) >= 11 is 0. The number of anilines is 2. The number of nitrogens with one attached hydrogen (secondary N) is 1. The van der Waals surface area contributed by atoms with Crippen LogP contribution in [-0.2, 0) is 9.84 Å². The smallest absolute Gasteiger partial charge is 0.276 e. The summed E-state index contributed by atoms with van der Waals surface area (Å²) in [6, 6.07) is 9.07. The van der Waals surface area contributed by atoms with Crippen LogP contribution in [0, 0.1) is 0 Å². The fraction of sp³-hybridized carbons (Fsp3) is 0.0769. The number of aromatic nitrogens is 1. The van der Waals surface area contributed by atoms with E-state index in [-0.39, 0.29) is 16.3 Å². The first kappa shape index (κ1) is 14.0. The van der Waals surface area contributed by atoms with E-state index in [9.17, 15) is 13.2 Å². The number of nitrogens with zero attached hydrogens (tertiary/aromatic N) is 1. The van der Waals surface area contributed by atoms with Crippen LogP contribution in [0.25, 0.3) is 0 Å². The number of nitrogen functional groups attached to an aromatic ring is 1. The second-order valence-electron chi connectivity index (χ2n) is 4.19. The fourth-order valence-corrected chi connectivity index (χ4v) is 2.21. The first-order chi connectivity index (χ1) is 9.38. The van der Waals surface area contributed by atoms with Gasteiger partial charge in [-0.1, -0.05) is 0 Å². The normalized spacial score (nSPS) is 11.1. The van der Waals surface area contributed by atoms with Gasteiger partial charge in [0.05, 0.1) is 10.6 Å². The van der Waals surface area contributed by atoms with Crippen LogP contribution in [0.2, 0.25) is 0 Å². The van der Waals surface area contributed by atoms with Gasteiger partial charge in [-0.25, -0.2) is 13.4 Å². The van der Waals surface area contributed by atoms with Crippen molar-refractivity contribution in [1.29, 1.82) is 0 Å². The predicted molar refractivity (Wildman–Crippen MR) is 76.2 cm³/mol. The highest BCUT2D eigenvalue weighted by Gasteiger charge is 2.12. The third-order valence-electron chi connectivity index (χ3n) is 2.59. The molecular weight excluding hydrogens is 278 g/mol. The first-order valence-electron chi connectivity index (χ1n) is 5.70. The largest absolute Gasteiger partial charge is 0.397 e. The third kappa shape index (κ3) is 3.12. The third-order valence-corrected chi connectivity index (χ3v) is 3.72. The second-order valence-corrected chi connectivity index (χ2v) is 6.21. The van der Waals surface area contributed by atoms with Crippen LogP contribution < -0.4 is 11.1 Å². The number of nitrogens with two attached hydrogens (primary N) is 1. The highest BCUT2D eigenvalue weighted by molar-refractivity contribution is 7.90. The molecule has 2 rings (SSSR count). The lowest BCUT2D eigenvalue weighted by Crippen LogP contribution is -2.15. The molecule has 7 heteroatoms. The number of pyridine rings is 1. The number of amides is 1. The van der Waals surface area contributed by atoms with Crippen molar-refractivity contribution in [2.75, 3.05) is 17.3 Å². The molecule has 20 heavy (non-hydrogen) atoms. The summed E-state index contributed by atoms with van der Waals surface area (Å²) in [5.41, 5.74) is 6.52. The molecule has 1 aromatic carbocycles. The number of hydrogen-bond donors (Lipinski definition) is 2. The molecule has 0 spiro atoms. The highest BCUT2D eigenvalue weighted by atomic mass is 32.2. The van der Waals surface area contributed by atoms with Gasteiger partial charge in [-0.2, -0.15) is 0 Å². The summed E-state index contributed by atoms with van der Waals surface area (Å²) in [5.74, 6) is -0.449. The minimum absolute atomic E-state index is 0.125. The lowest BCUT2D eigenvalue weighted by atomic mass is 10.2. The molecule has 3 N–H and O–H groups in total. The van der Waals surface area contributed by atoms with Crippen molar-refractivity contribution in [2.24, 2.45) is 0 Å². The standard InChI is InChI=1S/C13H13N3O3S/c1-20(18,19)10-6-4-9(5-7-10)16-13(17)12-11(14)3-2-8-15-12/h2-8H,14H2,1H3,(H,16,17). The molecule has 0 aliphatic carbocycles. The Morgan fingerprint density at radius 1 is 1.20 bits per heavy atom. The van der Waals surface area contributed by atoms with Gasteiger partial charge in [-0.05, 0) is 36.4 Å². The van der Waals surface area contributed by atoms with E-state index in [1.165, 1.54) is 30.5 Å². The maximum absolute atomic E-state index is 11.9. The molecule has 104 valence electrons. The van der Waals surface area contributed by atoms with Gasteiger partial charge in [-0.15, -0.1) is 0 Å². The van der Waals surface area contributed by atoms with E-state index in [2.05, 4.69) is 10.3 Å². The predicted octanol–water partition coefficient (Wildman–Crippen LogP) is 1.32. The Kier molecular flexibility index (Phi) is 3.71. The van der Waals surface area contributed by atoms with Crippen molar-refractivity contribution in [2.45, 2.75) is 4.90 Å². The molecule has 1 amide bonds. The summed E-state index contributed by atoms with van der Waals surface area (Å²) in [4.78, 5) is 16.0. The van der Waals surface area contributed by atoms with Gasteiger partial charge in [0.1, 0.15) is 0 Å². The molecule has 0 saturated carbocycles. The monoisotopic (exact) mass is 291 g/mol. The van der Waals surface area contributed by atoms with Crippen LogP contribution in [0.3, 0.4) is 0 Å². The quantitative estimate of drug-likeness (QED) is 0.888. The Balaban J connectivity index is 2.19. The molecule has 0 radical (unpaired) electrons. The summed E-state index contributed by atoms with van der Waals surface area (Å²) in [6.45, 7) is 0. The number of carbonyl (C=O) groups is 1. The molecule has 1 heterocycles. The maximum atomic E-state index is 11.9. The van der Waals surface area contributed by atoms with Crippen LogP contribution in [0.4, 0.5) is 11.4 Å². The lowest BCUT2D eigenvalue weighted by Gasteiger charge is -2.07. The Labute approximate surface area is 116 Å². The minimum atomic E-state index is -3.25. The van der Waals surface area contributed by atoms with Crippen molar-refractivity contribution in [3.63, 3.8) is 0 Å². The second kappa shape index (κ2) is 5.30.